The first kappa shape index (κ1) is 20.9. The van der Waals surface area contributed by atoms with Gasteiger partial charge < -0.3 is 14.5 Å². The Bertz CT molecular complexity index is 1120. The number of aliphatic hydroxyl groups is 1. The van der Waals surface area contributed by atoms with Crippen LogP contribution in [0.3, 0.4) is 0 Å². The van der Waals surface area contributed by atoms with E-state index >= 15 is 0 Å². The Morgan fingerprint density at radius 2 is 1.94 bits per heavy atom. The van der Waals surface area contributed by atoms with E-state index in [4.69, 9.17) is 9.62 Å². The molecule has 0 radical (unpaired) electrons. The van der Waals surface area contributed by atoms with Gasteiger partial charge in [-0.25, -0.2) is 4.68 Å². The lowest BCUT2D eigenvalue weighted by Gasteiger charge is -2.19. The molecule has 5 rings (SSSR count). The van der Waals surface area contributed by atoms with Gasteiger partial charge in [0.1, 0.15) is 0 Å². The second-order valence-corrected chi connectivity index (χ2v) is 9.20. The zero-order chi connectivity index (χ0) is 22.3. The van der Waals surface area contributed by atoms with Gasteiger partial charge in [0, 0.05) is 30.1 Å². The van der Waals surface area contributed by atoms with Crippen LogP contribution in [0.25, 0.3) is 5.69 Å². The number of carbonyl (C=O) groups excluding carboxylic acids is 1. The molecule has 1 N–H and O–H groups in total. The molecule has 1 aromatic carbocycles. The van der Waals surface area contributed by atoms with Crippen molar-refractivity contribution < 1.29 is 14.4 Å². The molecule has 3 aromatic rings. The zero-order valence-corrected chi connectivity index (χ0v) is 18.6. The average Bonchev–Trinajstić information content (AvgIpc) is 3.49. The maximum absolute atomic E-state index is 13.6. The minimum atomic E-state index is -1.32. The predicted octanol–water partition coefficient (Wildman–Crippen LogP) is 3.38. The van der Waals surface area contributed by atoms with E-state index in [1.54, 1.807) is 4.90 Å². The molecule has 1 fully saturated rings. The fourth-order valence-electron chi connectivity index (χ4n) is 4.68. The van der Waals surface area contributed by atoms with Crippen molar-refractivity contribution >= 4 is 5.91 Å². The lowest BCUT2D eigenvalue weighted by molar-refractivity contribution is 0.0135. The van der Waals surface area contributed by atoms with E-state index in [0.717, 1.165) is 49.0 Å². The van der Waals surface area contributed by atoms with Gasteiger partial charge in [-0.2, -0.15) is 10.1 Å². The number of likely N-dealkylation sites (tertiary alicyclic amines) is 1. The fraction of sp³-hybridized carbons (Fsp3) is 0.500. The standard InChI is InChI=1S/C24H29N5O3/c1-16(2)21-25-23(32-27-21)24(31)13-14-28(15-24)22(30)20-18-11-7-4-8-12-19(18)29(26-20)17-9-5-3-6-10-17/h3,5-6,9-10,16,31H,4,7-8,11-15H2,1-2H3/t24-/m1/s1. The van der Waals surface area contributed by atoms with E-state index in [-0.39, 0.29) is 24.3 Å². The van der Waals surface area contributed by atoms with Crippen LogP contribution in [0.15, 0.2) is 34.9 Å². The monoisotopic (exact) mass is 435 g/mol. The molecule has 1 aliphatic heterocycles. The Hall–Kier alpha value is -3.00. The van der Waals surface area contributed by atoms with Gasteiger partial charge in [-0.1, -0.05) is 43.6 Å². The maximum atomic E-state index is 13.6. The summed E-state index contributed by atoms with van der Waals surface area (Å²) in [7, 11) is 0. The van der Waals surface area contributed by atoms with Gasteiger partial charge in [0.15, 0.2) is 17.1 Å². The largest absolute Gasteiger partial charge is 0.378 e. The van der Waals surface area contributed by atoms with Crippen LogP contribution in [0.5, 0.6) is 0 Å². The van der Waals surface area contributed by atoms with Crippen molar-refractivity contribution in [2.75, 3.05) is 13.1 Å². The molecule has 168 valence electrons. The molecule has 3 heterocycles. The minimum Gasteiger partial charge on any atom is -0.378 e. The molecule has 2 aromatic heterocycles. The highest BCUT2D eigenvalue weighted by Gasteiger charge is 2.45. The van der Waals surface area contributed by atoms with Gasteiger partial charge in [-0.05, 0) is 37.8 Å². The predicted molar refractivity (Wildman–Crippen MR) is 118 cm³/mol. The van der Waals surface area contributed by atoms with Crippen LogP contribution in [0.1, 0.15) is 78.9 Å². The summed E-state index contributed by atoms with van der Waals surface area (Å²) in [4.78, 5) is 19.6. The highest BCUT2D eigenvalue weighted by molar-refractivity contribution is 5.94. The van der Waals surface area contributed by atoms with E-state index in [9.17, 15) is 9.90 Å². The smallest absolute Gasteiger partial charge is 0.274 e. The number of carbonyl (C=O) groups is 1. The number of β-amino-alcohol motifs (C(OH)–C–C–N with tert-alkyl or cyclic N) is 1. The number of fused-ring (bicyclic) bond motifs is 1. The molecule has 2 aliphatic rings. The van der Waals surface area contributed by atoms with Crippen LogP contribution in [-0.4, -0.2) is 48.9 Å². The van der Waals surface area contributed by atoms with Crippen molar-refractivity contribution in [1.82, 2.24) is 24.8 Å². The molecule has 8 nitrogen and oxygen atoms in total. The second kappa shape index (κ2) is 8.16. The molecule has 1 amide bonds. The molecule has 0 bridgehead atoms. The number of para-hydroxylation sites is 1. The summed E-state index contributed by atoms with van der Waals surface area (Å²) in [5, 5.41) is 19.9. The summed E-state index contributed by atoms with van der Waals surface area (Å²) in [6, 6.07) is 9.98. The van der Waals surface area contributed by atoms with Gasteiger partial charge in [0.2, 0.25) is 0 Å². The Morgan fingerprint density at radius 3 is 2.69 bits per heavy atom. The Balaban J connectivity index is 1.45. The van der Waals surface area contributed by atoms with Gasteiger partial charge in [-0.3, -0.25) is 4.79 Å². The third-order valence-electron chi connectivity index (χ3n) is 6.52. The second-order valence-electron chi connectivity index (χ2n) is 9.20. The van der Waals surface area contributed by atoms with Gasteiger partial charge in [-0.15, -0.1) is 0 Å². The summed E-state index contributed by atoms with van der Waals surface area (Å²) in [5.74, 6) is 0.709. The van der Waals surface area contributed by atoms with Gasteiger partial charge in [0.25, 0.3) is 11.8 Å². The number of aromatic nitrogens is 4. The first-order valence-corrected chi connectivity index (χ1v) is 11.5. The molecular weight excluding hydrogens is 406 g/mol. The number of rotatable bonds is 4. The minimum absolute atomic E-state index is 0.104. The van der Waals surface area contributed by atoms with E-state index in [2.05, 4.69) is 10.1 Å². The molecular formula is C24H29N5O3. The number of nitrogens with zero attached hydrogens (tertiary/aromatic N) is 5. The van der Waals surface area contributed by atoms with Gasteiger partial charge >= 0.3 is 0 Å². The van der Waals surface area contributed by atoms with Gasteiger partial charge in [0.05, 0.1) is 12.2 Å². The zero-order valence-electron chi connectivity index (χ0n) is 18.6. The van der Waals surface area contributed by atoms with Crippen molar-refractivity contribution in [3.05, 3.63) is 59.0 Å². The fourth-order valence-corrected chi connectivity index (χ4v) is 4.68. The quantitative estimate of drug-likeness (QED) is 0.631. The summed E-state index contributed by atoms with van der Waals surface area (Å²) in [6.45, 7) is 4.48. The van der Waals surface area contributed by atoms with Crippen molar-refractivity contribution in [2.24, 2.45) is 0 Å². The normalized spacial score (nSPS) is 21.1. The highest BCUT2D eigenvalue weighted by Crippen LogP contribution is 2.34. The summed E-state index contributed by atoms with van der Waals surface area (Å²) in [6.07, 6.45) is 5.42. The third-order valence-corrected chi connectivity index (χ3v) is 6.52. The van der Waals surface area contributed by atoms with Crippen LogP contribution < -0.4 is 0 Å². The first-order chi connectivity index (χ1) is 15.5. The van der Waals surface area contributed by atoms with Crippen molar-refractivity contribution in [3.63, 3.8) is 0 Å². The molecule has 32 heavy (non-hydrogen) atoms. The highest BCUT2D eigenvalue weighted by atomic mass is 16.5. The number of benzene rings is 1. The summed E-state index contributed by atoms with van der Waals surface area (Å²) < 4.78 is 7.28. The van der Waals surface area contributed by atoms with E-state index in [1.807, 2.05) is 48.9 Å². The average molecular weight is 436 g/mol. The topological polar surface area (TPSA) is 97.3 Å². The van der Waals surface area contributed by atoms with Crippen LogP contribution in [0.4, 0.5) is 0 Å². The van der Waals surface area contributed by atoms with E-state index < -0.39 is 5.60 Å². The number of hydrogen-bond acceptors (Lipinski definition) is 6. The van der Waals surface area contributed by atoms with Crippen molar-refractivity contribution in [2.45, 2.75) is 63.9 Å². The lowest BCUT2D eigenvalue weighted by atomic mass is 10.0. The molecule has 1 aliphatic carbocycles. The number of hydrogen-bond donors (Lipinski definition) is 1. The third kappa shape index (κ3) is 3.62. The van der Waals surface area contributed by atoms with Crippen LogP contribution in [0.2, 0.25) is 0 Å². The Labute approximate surface area is 187 Å². The van der Waals surface area contributed by atoms with E-state index in [1.165, 1.54) is 0 Å². The van der Waals surface area contributed by atoms with Crippen LogP contribution in [0, 0.1) is 0 Å². The van der Waals surface area contributed by atoms with E-state index in [0.29, 0.717) is 24.5 Å². The molecule has 1 saturated heterocycles. The summed E-state index contributed by atoms with van der Waals surface area (Å²) >= 11 is 0. The van der Waals surface area contributed by atoms with Crippen molar-refractivity contribution in [1.29, 1.82) is 0 Å². The van der Waals surface area contributed by atoms with Crippen LogP contribution in [-0.2, 0) is 18.4 Å². The molecule has 1 atom stereocenters. The number of amides is 1. The summed E-state index contributed by atoms with van der Waals surface area (Å²) in [5.41, 5.74) is 2.32. The lowest BCUT2D eigenvalue weighted by Crippen LogP contribution is -2.35. The molecule has 8 heteroatoms. The first-order valence-electron chi connectivity index (χ1n) is 11.5. The molecule has 0 saturated carbocycles. The SMILES string of the molecule is CC(C)c1noc([C@@]2(O)CCN(C(=O)c3nn(-c4ccccc4)c4c3CCCCC4)C2)n1. The van der Waals surface area contributed by atoms with Crippen molar-refractivity contribution in [3.8, 4) is 5.69 Å². The Morgan fingerprint density at radius 1 is 1.16 bits per heavy atom. The molecule has 0 unspecified atom stereocenters. The maximum Gasteiger partial charge on any atom is 0.274 e. The Kier molecular flexibility index (Phi) is 5.33. The van der Waals surface area contributed by atoms with Crippen LogP contribution >= 0.6 is 0 Å². The molecule has 0 spiro atoms.